The van der Waals surface area contributed by atoms with Gasteiger partial charge >= 0.3 is 0 Å². The van der Waals surface area contributed by atoms with Crippen LogP contribution in [0.3, 0.4) is 0 Å². The third-order valence-electron chi connectivity index (χ3n) is 2.78. The standard InChI is InChI=1S/C12H12N2O/c1-8-3-2-4-9-7-10(5-6-13)12(15)14-11(8)9/h2-4,10H,5,7H2,1H3,(H,14,15). The Hall–Kier alpha value is -1.82. The highest BCUT2D eigenvalue weighted by Crippen LogP contribution is 2.29. The van der Waals surface area contributed by atoms with E-state index in [0.717, 1.165) is 16.8 Å². The maximum absolute atomic E-state index is 11.6. The highest BCUT2D eigenvalue weighted by molar-refractivity contribution is 5.96. The molecule has 1 aliphatic heterocycles. The number of aryl methyl sites for hydroxylation is 1. The van der Waals surface area contributed by atoms with Crippen molar-refractivity contribution in [3.8, 4) is 6.07 Å². The van der Waals surface area contributed by atoms with E-state index in [4.69, 9.17) is 5.26 Å². The Morgan fingerprint density at radius 2 is 2.40 bits per heavy atom. The first-order chi connectivity index (χ1) is 7.22. The molecule has 0 spiro atoms. The zero-order valence-corrected chi connectivity index (χ0v) is 8.58. The van der Waals surface area contributed by atoms with Crippen LogP contribution in [0.1, 0.15) is 17.5 Å². The van der Waals surface area contributed by atoms with Crippen LogP contribution in [-0.2, 0) is 11.2 Å². The summed E-state index contributed by atoms with van der Waals surface area (Å²) in [4.78, 5) is 11.6. The Labute approximate surface area is 88.7 Å². The van der Waals surface area contributed by atoms with Crippen molar-refractivity contribution in [2.75, 3.05) is 5.32 Å². The van der Waals surface area contributed by atoms with Crippen LogP contribution in [0.25, 0.3) is 0 Å². The molecule has 1 amide bonds. The minimum absolute atomic E-state index is 0.0293. The fourth-order valence-electron chi connectivity index (χ4n) is 1.94. The highest BCUT2D eigenvalue weighted by Gasteiger charge is 2.26. The van der Waals surface area contributed by atoms with Crippen LogP contribution in [0.15, 0.2) is 18.2 Å². The van der Waals surface area contributed by atoms with Crippen LogP contribution in [0, 0.1) is 24.2 Å². The minimum atomic E-state index is -0.190. The maximum atomic E-state index is 11.6. The van der Waals surface area contributed by atoms with Crippen molar-refractivity contribution in [1.29, 1.82) is 5.26 Å². The number of nitrogens with one attached hydrogen (secondary N) is 1. The molecule has 0 aromatic heterocycles. The summed E-state index contributed by atoms with van der Waals surface area (Å²) in [5.74, 6) is -0.220. The monoisotopic (exact) mass is 200 g/mol. The smallest absolute Gasteiger partial charge is 0.228 e. The molecule has 1 unspecified atom stereocenters. The van der Waals surface area contributed by atoms with E-state index in [1.54, 1.807) is 0 Å². The second-order valence-electron chi connectivity index (χ2n) is 3.86. The van der Waals surface area contributed by atoms with Gasteiger partial charge in [0.2, 0.25) is 5.91 Å². The summed E-state index contributed by atoms with van der Waals surface area (Å²) in [6.45, 7) is 1.98. The lowest BCUT2D eigenvalue weighted by Gasteiger charge is -2.24. The summed E-state index contributed by atoms with van der Waals surface area (Å²) < 4.78 is 0. The number of anilines is 1. The van der Waals surface area contributed by atoms with Crippen molar-refractivity contribution in [3.05, 3.63) is 29.3 Å². The molecule has 1 heterocycles. The van der Waals surface area contributed by atoms with Crippen LogP contribution in [0.2, 0.25) is 0 Å². The number of hydrogen-bond acceptors (Lipinski definition) is 2. The van der Waals surface area contributed by atoms with E-state index in [0.29, 0.717) is 12.8 Å². The van der Waals surface area contributed by atoms with E-state index >= 15 is 0 Å². The zero-order chi connectivity index (χ0) is 10.8. The number of rotatable bonds is 1. The molecular formula is C12H12N2O. The largest absolute Gasteiger partial charge is 0.325 e. The normalized spacial score (nSPS) is 18.9. The molecule has 0 radical (unpaired) electrons. The average Bonchev–Trinajstić information content (AvgIpc) is 2.21. The van der Waals surface area contributed by atoms with Crippen LogP contribution in [0.5, 0.6) is 0 Å². The van der Waals surface area contributed by atoms with E-state index in [2.05, 4.69) is 11.4 Å². The first-order valence-electron chi connectivity index (χ1n) is 4.98. The number of benzene rings is 1. The molecule has 2 rings (SSSR count). The summed E-state index contributed by atoms with van der Waals surface area (Å²) in [6.07, 6.45) is 0.968. The lowest BCUT2D eigenvalue weighted by molar-refractivity contribution is -0.120. The second kappa shape index (κ2) is 3.74. The number of carbonyl (C=O) groups excluding carboxylic acids is 1. The molecule has 1 atom stereocenters. The van der Waals surface area contributed by atoms with Crippen molar-refractivity contribution in [2.24, 2.45) is 5.92 Å². The molecule has 76 valence electrons. The number of para-hydroxylation sites is 1. The predicted octanol–water partition coefficient (Wildman–Crippen LogP) is 2.02. The lowest BCUT2D eigenvalue weighted by Crippen LogP contribution is -2.30. The molecule has 3 nitrogen and oxygen atoms in total. The summed E-state index contributed by atoms with van der Waals surface area (Å²) in [7, 11) is 0. The molecule has 0 fully saturated rings. The number of amides is 1. The summed E-state index contributed by atoms with van der Waals surface area (Å²) in [6, 6.07) is 8.02. The van der Waals surface area contributed by atoms with Gasteiger partial charge in [-0.15, -0.1) is 0 Å². The molecule has 0 bridgehead atoms. The van der Waals surface area contributed by atoms with E-state index < -0.39 is 0 Å². The Balaban J connectivity index is 2.35. The van der Waals surface area contributed by atoms with Crippen molar-refractivity contribution in [3.63, 3.8) is 0 Å². The van der Waals surface area contributed by atoms with Gasteiger partial charge in [0.05, 0.1) is 12.0 Å². The van der Waals surface area contributed by atoms with Crippen molar-refractivity contribution in [1.82, 2.24) is 0 Å². The molecule has 15 heavy (non-hydrogen) atoms. The van der Waals surface area contributed by atoms with Gasteiger partial charge in [-0.3, -0.25) is 4.79 Å². The van der Waals surface area contributed by atoms with Gasteiger partial charge < -0.3 is 5.32 Å². The topological polar surface area (TPSA) is 52.9 Å². The summed E-state index contributed by atoms with van der Waals surface area (Å²) >= 11 is 0. The van der Waals surface area contributed by atoms with E-state index in [9.17, 15) is 4.79 Å². The zero-order valence-electron chi connectivity index (χ0n) is 8.58. The summed E-state index contributed by atoms with van der Waals surface area (Å²) in [5.41, 5.74) is 3.14. The number of hydrogen-bond donors (Lipinski definition) is 1. The lowest BCUT2D eigenvalue weighted by atomic mass is 9.90. The minimum Gasteiger partial charge on any atom is -0.325 e. The van der Waals surface area contributed by atoms with Crippen molar-refractivity contribution < 1.29 is 4.79 Å². The maximum Gasteiger partial charge on any atom is 0.228 e. The van der Waals surface area contributed by atoms with Gasteiger partial charge in [-0.2, -0.15) is 5.26 Å². The van der Waals surface area contributed by atoms with E-state index in [1.165, 1.54) is 0 Å². The molecule has 1 aromatic rings. The van der Waals surface area contributed by atoms with Crippen molar-refractivity contribution >= 4 is 11.6 Å². The fourth-order valence-corrected chi connectivity index (χ4v) is 1.94. The van der Waals surface area contributed by atoms with Gasteiger partial charge in [0, 0.05) is 12.1 Å². The summed E-state index contributed by atoms with van der Waals surface area (Å²) in [5, 5.41) is 11.5. The quantitative estimate of drug-likeness (QED) is 0.754. The number of carbonyl (C=O) groups is 1. The van der Waals surface area contributed by atoms with Crippen LogP contribution >= 0.6 is 0 Å². The average molecular weight is 200 g/mol. The van der Waals surface area contributed by atoms with Crippen LogP contribution < -0.4 is 5.32 Å². The predicted molar refractivity (Wildman–Crippen MR) is 57.2 cm³/mol. The molecule has 1 aliphatic rings. The van der Waals surface area contributed by atoms with Crippen LogP contribution in [0.4, 0.5) is 5.69 Å². The number of nitrogens with zero attached hydrogens (tertiary/aromatic N) is 1. The molecule has 1 aromatic carbocycles. The molecule has 0 saturated carbocycles. The highest BCUT2D eigenvalue weighted by atomic mass is 16.1. The van der Waals surface area contributed by atoms with Gasteiger partial charge in [0.25, 0.3) is 0 Å². The fraction of sp³-hybridized carbons (Fsp3) is 0.333. The number of fused-ring (bicyclic) bond motifs is 1. The van der Waals surface area contributed by atoms with Crippen molar-refractivity contribution in [2.45, 2.75) is 19.8 Å². The Morgan fingerprint density at radius 3 is 3.13 bits per heavy atom. The van der Waals surface area contributed by atoms with Crippen LogP contribution in [-0.4, -0.2) is 5.91 Å². The molecule has 1 N–H and O–H groups in total. The molecule has 3 heteroatoms. The Bertz CT molecular complexity index is 445. The van der Waals surface area contributed by atoms with Gasteiger partial charge in [-0.1, -0.05) is 18.2 Å². The van der Waals surface area contributed by atoms with Gasteiger partial charge in [-0.25, -0.2) is 0 Å². The number of nitriles is 1. The third-order valence-corrected chi connectivity index (χ3v) is 2.78. The van der Waals surface area contributed by atoms with E-state index in [-0.39, 0.29) is 11.8 Å². The first kappa shape index (κ1) is 9.72. The van der Waals surface area contributed by atoms with E-state index in [1.807, 2.05) is 25.1 Å². The molecule has 0 saturated heterocycles. The third kappa shape index (κ3) is 1.71. The molecular weight excluding hydrogens is 188 g/mol. The van der Waals surface area contributed by atoms with Gasteiger partial charge in [-0.05, 0) is 24.5 Å². The Morgan fingerprint density at radius 1 is 1.60 bits per heavy atom. The van der Waals surface area contributed by atoms with Gasteiger partial charge in [0.1, 0.15) is 0 Å². The first-order valence-corrected chi connectivity index (χ1v) is 4.98. The second-order valence-corrected chi connectivity index (χ2v) is 3.86. The SMILES string of the molecule is Cc1cccc2c1NC(=O)C(CC#N)C2. The Kier molecular flexibility index (Phi) is 2.42. The van der Waals surface area contributed by atoms with Gasteiger partial charge in [0.15, 0.2) is 0 Å². The molecule has 0 aliphatic carbocycles.